The van der Waals surface area contributed by atoms with Crippen molar-refractivity contribution in [2.75, 3.05) is 7.11 Å². The first-order chi connectivity index (χ1) is 7.72. The highest BCUT2D eigenvalue weighted by Gasteiger charge is 2.10. The van der Waals surface area contributed by atoms with Gasteiger partial charge in [0.2, 0.25) is 0 Å². The molecule has 0 radical (unpaired) electrons. The van der Waals surface area contributed by atoms with Gasteiger partial charge in [-0.25, -0.2) is 4.79 Å². The molecule has 0 saturated heterocycles. The fourth-order valence-corrected chi connectivity index (χ4v) is 1.80. The molecule has 16 heavy (non-hydrogen) atoms. The van der Waals surface area contributed by atoms with Gasteiger partial charge >= 0.3 is 5.97 Å². The van der Waals surface area contributed by atoms with E-state index in [2.05, 4.69) is 30.9 Å². The molecule has 2 rings (SSSR count). The van der Waals surface area contributed by atoms with Gasteiger partial charge in [-0.15, -0.1) is 10.2 Å². The predicted molar refractivity (Wildman–Crippen MR) is 60.4 cm³/mol. The topological polar surface area (TPSA) is 57.0 Å². The van der Waals surface area contributed by atoms with E-state index in [0.29, 0.717) is 10.0 Å². The van der Waals surface area contributed by atoms with E-state index in [1.165, 1.54) is 7.11 Å². The van der Waals surface area contributed by atoms with Gasteiger partial charge in [0.15, 0.2) is 0 Å². The lowest BCUT2D eigenvalue weighted by Crippen LogP contribution is -2.03. The number of aromatic nitrogens is 3. The van der Waals surface area contributed by atoms with Gasteiger partial charge in [0.1, 0.15) is 12.7 Å². The zero-order chi connectivity index (χ0) is 11.5. The Hall–Kier alpha value is -1.69. The highest BCUT2D eigenvalue weighted by atomic mass is 79.9. The summed E-state index contributed by atoms with van der Waals surface area (Å²) in [5, 5.41) is 7.42. The Balaban J connectivity index is 2.41. The van der Waals surface area contributed by atoms with Crippen molar-refractivity contribution in [3.05, 3.63) is 40.9 Å². The fraction of sp³-hybridized carbons (Fsp3) is 0.100. The van der Waals surface area contributed by atoms with Crippen LogP contribution in [-0.4, -0.2) is 27.8 Å². The molecular weight excluding hydrogens is 274 g/mol. The Labute approximate surface area is 100 Å². The third-order valence-corrected chi connectivity index (χ3v) is 2.73. The second-order valence-electron chi connectivity index (χ2n) is 3.02. The molecule has 0 N–H and O–H groups in total. The molecule has 82 valence electrons. The van der Waals surface area contributed by atoms with E-state index in [-0.39, 0.29) is 5.97 Å². The lowest BCUT2D eigenvalue weighted by atomic mass is 10.2. The number of carbonyl (C=O) groups is 1. The van der Waals surface area contributed by atoms with Crippen LogP contribution in [0.5, 0.6) is 0 Å². The third-order valence-electron chi connectivity index (χ3n) is 2.07. The van der Waals surface area contributed by atoms with Crippen LogP contribution < -0.4 is 0 Å². The first-order valence-electron chi connectivity index (χ1n) is 4.45. The second kappa shape index (κ2) is 4.44. The molecular formula is C10H8BrN3O2. The van der Waals surface area contributed by atoms with E-state index in [9.17, 15) is 4.79 Å². The Bertz CT molecular complexity index is 511. The predicted octanol–water partition coefficient (Wildman–Crippen LogP) is 1.82. The lowest BCUT2D eigenvalue weighted by molar-refractivity contribution is 0.0599. The minimum atomic E-state index is -0.373. The number of hydrogen-bond donors (Lipinski definition) is 0. The lowest BCUT2D eigenvalue weighted by Gasteiger charge is -2.05. The largest absolute Gasteiger partial charge is 0.465 e. The van der Waals surface area contributed by atoms with Gasteiger partial charge in [0, 0.05) is 10.2 Å². The summed E-state index contributed by atoms with van der Waals surface area (Å²) in [4.78, 5) is 11.3. The van der Waals surface area contributed by atoms with Gasteiger partial charge in [0.05, 0.1) is 12.7 Å². The Kier molecular flexibility index (Phi) is 3.00. The Morgan fingerprint density at radius 2 is 2.06 bits per heavy atom. The maximum Gasteiger partial charge on any atom is 0.339 e. The molecule has 0 atom stereocenters. The molecule has 0 unspecified atom stereocenters. The summed E-state index contributed by atoms with van der Waals surface area (Å²) in [6.07, 6.45) is 3.17. The molecule has 5 nitrogen and oxygen atoms in total. The zero-order valence-corrected chi connectivity index (χ0v) is 10.0. The number of benzene rings is 1. The standard InChI is InChI=1S/C10H8BrN3O2/c1-16-10(15)8-3-2-7(4-9(8)11)14-5-12-13-6-14/h2-6H,1H3. The average Bonchev–Trinajstić information content (AvgIpc) is 2.81. The van der Waals surface area contributed by atoms with Crippen LogP contribution in [0, 0.1) is 0 Å². The number of esters is 1. The summed E-state index contributed by atoms with van der Waals surface area (Å²) < 4.78 is 7.06. The Morgan fingerprint density at radius 1 is 1.38 bits per heavy atom. The van der Waals surface area contributed by atoms with Gasteiger partial charge in [-0.3, -0.25) is 4.57 Å². The minimum Gasteiger partial charge on any atom is -0.465 e. The number of nitrogens with zero attached hydrogens (tertiary/aromatic N) is 3. The normalized spacial score (nSPS) is 10.1. The van der Waals surface area contributed by atoms with Crippen LogP contribution >= 0.6 is 15.9 Å². The van der Waals surface area contributed by atoms with Crippen molar-refractivity contribution >= 4 is 21.9 Å². The number of hydrogen-bond acceptors (Lipinski definition) is 4. The summed E-state index contributed by atoms with van der Waals surface area (Å²) in [7, 11) is 1.35. The summed E-state index contributed by atoms with van der Waals surface area (Å²) in [5.41, 5.74) is 1.35. The number of ether oxygens (including phenoxy) is 1. The van der Waals surface area contributed by atoms with Gasteiger partial charge in [0.25, 0.3) is 0 Å². The maximum atomic E-state index is 11.3. The van der Waals surface area contributed by atoms with Crippen molar-refractivity contribution in [1.82, 2.24) is 14.8 Å². The van der Waals surface area contributed by atoms with Gasteiger partial charge in [-0.05, 0) is 34.1 Å². The van der Waals surface area contributed by atoms with Gasteiger partial charge in [-0.1, -0.05) is 0 Å². The van der Waals surface area contributed by atoms with Crippen LogP contribution in [0.2, 0.25) is 0 Å². The molecule has 0 fully saturated rings. The van der Waals surface area contributed by atoms with E-state index in [0.717, 1.165) is 5.69 Å². The summed E-state index contributed by atoms with van der Waals surface area (Å²) in [5.74, 6) is -0.373. The van der Waals surface area contributed by atoms with Crippen molar-refractivity contribution < 1.29 is 9.53 Å². The highest BCUT2D eigenvalue weighted by molar-refractivity contribution is 9.10. The maximum absolute atomic E-state index is 11.3. The van der Waals surface area contributed by atoms with E-state index >= 15 is 0 Å². The van der Waals surface area contributed by atoms with Crippen molar-refractivity contribution in [3.63, 3.8) is 0 Å². The number of rotatable bonds is 2. The van der Waals surface area contributed by atoms with Crippen LogP contribution in [0.1, 0.15) is 10.4 Å². The van der Waals surface area contributed by atoms with Crippen molar-refractivity contribution in [2.45, 2.75) is 0 Å². The fourth-order valence-electron chi connectivity index (χ4n) is 1.27. The molecule has 0 aliphatic rings. The van der Waals surface area contributed by atoms with Crippen molar-refractivity contribution in [3.8, 4) is 5.69 Å². The Morgan fingerprint density at radius 3 is 2.62 bits per heavy atom. The third kappa shape index (κ3) is 1.96. The molecule has 2 aromatic rings. The second-order valence-corrected chi connectivity index (χ2v) is 3.88. The van der Waals surface area contributed by atoms with Gasteiger partial charge < -0.3 is 4.74 Å². The molecule has 0 aliphatic carbocycles. The summed E-state index contributed by atoms with van der Waals surface area (Å²) in [6.45, 7) is 0. The van der Waals surface area contributed by atoms with Crippen LogP contribution in [0.25, 0.3) is 5.69 Å². The molecule has 0 saturated carbocycles. The van der Waals surface area contributed by atoms with E-state index in [1.807, 2.05) is 0 Å². The zero-order valence-electron chi connectivity index (χ0n) is 8.42. The van der Waals surface area contributed by atoms with Gasteiger partial charge in [-0.2, -0.15) is 0 Å². The molecule has 0 aliphatic heterocycles. The van der Waals surface area contributed by atoms with Crippen LogP contribution in [0.15, 0.2) is 35.3 Å². The van der Waals surface area contributed by atoms with Crippen molar-refractivity contribution in [2.24, 2.45) is 0 Å². The molecule has 0 amide bonds. The van der Waals surface area contributed by atoms with Crippen LogP contribution in [0.3, 0.4) is 0 Å². The molecule has 6 heteroatoms. The highest BCUT2D eigenvalue weighted by Crippen LogP contribution is 2.21. The average molecular weight is 282 g/mol. The number of halogens is 1. The molecule has 0 bridgehead atoms. The molecule has 0 spiro atoms. The summed E-state index contributed by atoms with van der Waals surface area (Å²) in [6, 6.07) is 5.28. The molecule has 1 heterocycles. The molecule has 1 aromatic carbocycles. The molecule has 1 aromatic heterocycles. The smallest absolute Gasteiger partial charge is 0.339 e. The van der Waals surface area contributed by atoms with Crippen LogP contribution in [-0.2, 0) is 4.74 Å². The first kappa shape index (κ1) is 10.8. The minimum absolute atomic E-state index is 0.373. The summed E-state index contributed by atoms with van der Waals surface area (Å²) >= 11 is 3.32. The van der Waals surface area contributed by atoms with Crippen LogP contribution in [0.4, 0.5) is 0 Å². The monoisotopic (exact) mass is 281 g/mol. The number of carbonyl (C=O) groups excluding carboxylic acids is 1. The number of methoxy groups -OCH3 is 1. The first-order valence-corrected chi connectivity index (χ1v) is 5.24. The van der Waals surface area contributed by atoms with Crippen molar-refractivity contribution in [1.29, 1.82) is 0 Å². The SMILES string of the molecule is COC(=O)c1ccc(-n2cnnc2)cc1Br. The van der Waals surface area contributed by atoms with E-state index < -0.39 is 0 Å². The quantitative estimate of drug-likeness (QED) is 0.788. The van der Waals surface area contributed by atoms with E-state index in [1.54, 1.807) is 35.4 Å². The van der Waals surface area contributed by atoms with E-state index in [4.69, 9.17) is 0 Å².